The Morgan fingerprint density at radius 1 is 1.26 bits per heavy atom. The molecule has 6 heteroatoms. The van der Waals surface area contributed by atoms with E-state index in [0.717, 1.165) is 12.0 Å². The topological polar surface area (TPSA) is 29.1 Å². The van der Waals surface area contributed by atoms with Crippen molar-refractivity contribution in [3.8, 4) is 0 Å². The number of halogens is 4. The largest absolute Gasteiger partial charge is 0.383 e. The molecule has 19 heavy (non-hydrogen) atoms. The Bertz CT molecular complexity index is 431. The minimum absolute atomic E-state index is 0.579. The van der Waals surface area contributed by atoms with Crippen LogP contribution in [0.1, 0.15) is 31.0 Å². The molecule has 0 aliphatic carbocycles. The van der Waals surface area contributed by atoms with Crippen molar-refractivity contribution in [3.05, 3.63) is 35.4 Å². The third-order valence-corrected chi connectivity index (χ3v) is 2.81. The molecule has 0 aromatic heterocycles. The van der Waals surface area contributed by atoms with Gasteiger partial charge in [-0.1, -0.05) is 31.2 Å². The zero-order valence-electron chi connectivity index (χ0n) is 10.6. The molecule has 1 rings (SSSR count). The molecule has 0 saturated heterocycles. The summed E-state index contributed by atoms with van der Waals surface area (Å²) in [4.78, 5) is 11.1. The number of alkyl halides is 4. The van der Waals surface area contributed by atoms with Gasteiger partial charge < -0.3 is 5.32 Å². The van der Waals surface area contributed by atoms with Crippen LogP contribution in [0.25, 0.3) is 0 Å². The van der Waals surface area contributed by atoms with E-state index in [0.29, 0.717) is 5.56 Å². The number of hydrogen-bond acceptors (Lipinski definition) is 1. The van der Waals surface area contributed by atoms with Crippen molar-refractivity contribution in [3.63, 3.8) is 0 Å². The van der Waals surface area contributed by atoms with Crippen molar-refractivity contribution in [1.29, 1.82) is 0 Å². The molecule has 106 valence electrons. The highest BCUT2D eigenvalue weighted by molar-refractivity contribution is 5.84. The molecule has 1 aromatic carbocycles. The summed E-state index contributed by atoms with van der Waals surface area (Å²) in [7, 11) is 0. The van der Waals surface area contributed by atoms with Crippen LogP contribution in [0.2, 0.25) is 0 Å². The van der Waals surface area contributed by atoms with Gasteiger partial charge in [-0.05, 0) is 24.5 Å². The van der Waals surface area contributed by atoms with Crippen LogP contribution in [0.5, 0.6) is 0 Å². The van der Waals surface area contributed by atoms with Crippen LogP contribution in [0.4, 0.5) is 17.6 Å². The van der Waals surface area contributed by atoms with Crippen LogP contribution < -0.4 is 5.32 Å². The zero-order chi connectivity index (χ0) is 14.6. The lowest BCUT2D eigenvalue weighted by Crippen LogP contribution is -2.45. The van der Waals surface area contributed by atoms with Gasteiger partial charge in [0.2, 0.25) is 0 Å². The van der Waals surface area contributed by atoms with E-state index >= 15 is 0 Å². The summed E-state index contributed by atoms with van der Waals surface area (Å²) in [5.74, 6) is -6.63. The number of aryl methyl sites for hydroxylation is 1. The number of benzene rings is 1. The maximum absolute atomic E-state index is 12.8. The Labute approximate surface area is 108 Å². The molecule has 0 aliphatic rings. The third-order valence-electron chi connectivity index (χ3n) is 2.81. The van der Waals surface area contributed by atoms with Gasteiger partial charge in [-0.3, -0.25) is 4.79 Å². The van der Waals surface area contributed by atoms with Crippen molar-refractivity contribution in [2.45, 2.75) is 38.7 Å². The minimum atomic E-state index is -4.67. The van der Waals surface area contributed by atoms with Crippen LogP contribution in [0.15, 0.2) is 24.3 Å². The fourth-order valence-electron chi connectivity index (χ4n) is 1.52. The fourth-order valence-corrected chi connectivity index (χ4v) is 1.52. The number of carbonyl (C=O) groups is 1. The highest BCUT2D eigenvalue weighted by atomic mass is 19.3. The van der Waals surface area contributed by atoms with E-state index in [4.69, 9.17) is 0 Å². The van der Waals surface area contributed by atoms with Gasteiger partial charge in [0, 0.05) is 0 Å². The van der Waals surface area contributed by atoms with Gasteiger partial charge in [0.15, 0.2) is 0 Å². The molecular weight excluding hydrogens is 262 g/mol. The van der Waals surface area contributed by atoms with E-state index in [2.05, 4.69) is 0 Å². The second-order valence-electron chi connectivity index (χ2n) is 4.21. The first-order chi connectivity index (χ1) is 8.78. The van der Waals surface area contributed by atoms with Crippen molar-refractivity contribution in [2.24, 2.45) is 0 Å². The molecule has 0 aliphatic heterocycles. The van der Waals surface area contributed by atoms with E-state index in [9.17, 15) is 22.4 Å². The number of carbonyl (C=O) groups excluding carboxylic acids is 1. The van der Waals surface area contributed by atoms with Gasteiger partial charge in [0.25, 0.3) is 5.91 Å². The molecule has 0 spiro atoms. The van der Waals surface area contributed by atoms with Crippen LogP contribution in [-0.4, -0.2) is 18.3 Å². The molecule has 1 aromatic rings. The number of nitrogens with one attached hydrogen (secondary N) is 1. The quantitative estimate of drug-likeness (QED) is 0.822. The van der Waals surface area contributed by atoms with Gasteiger partial charge in [0.05, 0.1) is 6.04 Å². The van der Waals surface area contributed by atoms with Gasteiger partial charge in [0.1, 0.15) is 0 Å². The molecule has 0 saturated carbocycles. The maximum atomic E-state index is 12.8. The van der Waals surface area contributed by atoms with E-state index in [1.807, 2.05) is 12.2 Å². The van der Waals surface area contributed by atoms with Crippen LogP contribution in [0, 0.1) is 0 Å². The Morgan fingerprint density at radius 3 is 2.21 bits per heavy atom. The Hall–Kier alpha value is -1.59. The Balaban J connectivity index is 2.73. The van der Waals surface area contributed by atoms with Gasteiger partial charge in [-0.15, -0.1) is 0 Å². The molecule has 0 fully saturated rings. The average Bonchev–Trinajstić information content (AvgIpc) is 2.38. The van der Waals surface area contributed by atoms with E-state index in [1.165, 1.54) is 6.92 Å². The van der Waals surface area contributed by atoms with E-state index < -0.39 is 24.3 Å². The average molecular weight is 277 g/mol. The lowest BCUT2D eigenvalue weighted by molar-refractivity contribution is -0.170. The van der Waals surface area contributed by atoms with Crippen molar-refractivity contribution in [1.82, 2.24) is 5.32 Å². The molecule has 2 nitrogen and oxygen atoms in total. The van der Waals surface area contributed by atoms with Gasteiger partial charge in [-0.25, -0.2) is 8.78 Å². The number of hydrogen-bond donors (Lipinski definition) is 1. The highest BCUT2D eigenvalue weighted by Crippen LogP contribution is 2.24. The predicted molar refractivity (Wildman–Crippen MR) is 63.3 cm³/mol. The molecular formula is C13H15F4NO. The smallest absolute Gasteiger partial charge is 0.344 e. The van der Waals surface area contributed by atoms with Crippen molar-refractivity contribution >= 4 is 5.91 Å². The van der Waals surface area contributed by atoms with Crippen molar-refractivity contribution < 1.29 is 22.4 Å². The summed E-state index contributed by atoms with van der Waals surface area (Å²) in [6, 6.07) is 6.17. The minimum Gasteiger partial charge on any atom is -0.344 e. The lowest BCUT2D eigenvalue weighted by Gasteiger charge is -2.19. The molecule has 1 amide bonds. The summed E-state index contributed by atoms with van der Waals surface area (Å²) in [6.07, 6.45) is -3.19. The van der Waals surface area contributed by atoms with Crippen molar-refractivity contribution in [2.75, 3.05) is 0 Å². The normalized spacial score (nSPS) is 13.4. The first-order valence-corrected chi connectivity index (χ1v) is 5.84. The van der Waals surface area contributed by atoms with Gasteiger partial charge >= 0.3 is 12.3 Å². The predicted octanol–water partition coefficient (Wildman–Crippen LogP) is 3.33. The molecule has 1 atom stereocenters. The second kappa shape index (κ2) is 6.04. The summed E-state index contributed by atoms with van der Waals surface area (Å²) < 4.78 is 49.6. The monoisotopic (exact) mass is 277 g/mol. The summed E-state index contributed by atoms with van der Waals surface area (Å²) in [6.45, 7) is 3.42. The fraction of sp³-hybridized carbons (Fsp3) is 0.462. The van der Waals surface area contributed by atoms with E-state index in [1.54, 1.807) is 24.3 Å². The first-order valence-electron chi connectivity index (χ1n) is 5.84. The number of rotatable bonds is 5. The van der Waals surface area contributed by atoms with E-state index in [-0.39, 0.29) is 0 Å². The standard InChI is InChI=1S/C13H15F4NO/c1-3-9-4-6-10(7-5-9)8(2)18-12(19)13(16,17)11(14)15/h4-8,11H,3H2,1-2H3,(H,18,19). The SMILES string of the molecule is CCc1ccc(C(C)NC(=O)C(F)(F)C(F)F)cc1. The summed E-state index contributed by atoms with van der Waals surface area (Å²) in [5.41, 5.74) is 1.64. The Kier molecular flexibility index (Phi) is 4.91. The maximum Gasteiger partial charge on any atom is 0.383 e. The highest BCUT2D eigenvalue weighted by Gasteiger charge is 2.49. The molecule has 0 heterocycles. The van der Waals surface area contributed by atoms with Crippen LogP contribution >= 0.6 is 0 Å². The zero-order valence-corrected chi connectivity index (χ0v) is 10.6. The number of amides is 1. The molecule has 1 N–H and O–H groups in total. The van der Waals surface area contributed by atoms with Crippen LogP contribution in [0.3, 0.4) is 0 Å². The lowest BCUT2D eigenvalue weighted by atomic mass is 10.0. The summed E-state index contributed by atoms with van der Waals surface area (Å²) in [5, 5.41) is 1.89. The second-order valence-corrected chi connectivity index (χ2v) is 4.21. The Morgan fingerprint density at radius 2 is 1.79 bits per heavy atom. The first kappa shape index (κ1) is 15.5. The molecule has 0 bridgehead atoms. The molecule has 1 unspecified atom stereocenters. The third kappa shape index (κ3) is 3.68. The van der Waals surface area contributed by atoms with Gasteiger partial charge in [-0.2, -0.15) is 8.78 Å². The molecule has 0 radical (unpaired) electrons. The van der Waals surface area contributed by atoms with Crippen LogP contribution in [-0.2, 0) is 11.2 Å². The summed E-state index contributed by atoms with van der Waals surface area (Å²) >= 11 is 0.